The van der Waals surface area contributed by atoms with Gasteiger partial charge in [-0.2, -0.15) is 13.2 Å². The summed E-state index contributed by atoms with van der Waals surface area (Å²) < 4.78 is 49.6. The van der Waals surface area contributed by atoms with Crippen LogP contribution in [0.2, 0.25) is 0 Å². The predicted molar refractivity (Wildman–Crippen MR) is 71.9 cm³/mol. The van der Waals surface area contributed by atoms with Crippen molar-refractivity contribution in [2.24, 2.45) is 5.41 Å². The van der Waals surface area contributed by atoms with Crippen LogP contribution in [0, 0.1) is 5.41 Å². The van der Waals surface area contributed by atoms with E-state index in [1.165, 1.54) is 0 Å². The Balaban J connectivity index is 1.78. The number of rotatable bonds is 2. The van der Waals surface area contributed by atoms with Crippen molar-refractivity contribution in [2.45, 2.75) is 45.1 Å². The largest absolute Gasteiger partial charge is 0.454 e. The molecule has 0 amide bonds. The lowest BCUT2D eigenvalue weighted by Gasteiger charge is -2.48. The first kappa shape index (κ1) is 15.8. The number of nitrogens with zero attached hydrogens (tertiary/aromatic N) is 1. The maximum absolute atomic E-state index is 12.8. The van der Waals surface area contributed by atoms with Gasteiger partial charge in [0.1, 0.15) is 0 Å². The summed E-state index contributed by atoms with van der Waals surface area (Å²) in [5, 5.41) is 0. The average molecular weight is 319 g/mol. The number of piperidine rings is 1. The van der Waals surface area contributed by atoms with Crippen molar-refractivity contribution < 1.29 is 27.4 Å². The molecule has 1 spiro atoms. The van der Waals surface area contributed by atoms with Gasteiger partial charge in [-0.1, -0.05) is 13.8 Å². The van der Waals surface area contributed by atoms with Crippen LogP contribution in [0.1, 0.15) is 33.1 Å². The van der Waals surface area contributed by atoms with E-state index in [0.717, 1.165) is 0 Å². The molecule has 2 saturated heterocycles. The molecule has 2 fully saturated rings. The standard InChI is InChI=1S/C15H20F3NO3/c1-13(2)9-10(11(13)12(20)15(16,17)18)19-5-3-14(4-6-19)21-7-8-22-14/h3-9H2,1-2H3. The molecule has 0 bridgehead atoms. The fourth-order valence-electron chi connectivity index (χ4n) is 3.63. The molecule has 3 aliphatic rings. The maximum atomic E-state index is 12.8. The normalized spacial score (nSPS) is 27.2. The minimum absolute atomic E-state index is 0.0794. The molecule has 0 saturated carbocycles. The van der Waals surface area contributed by atoms with Gasteiger partial charge in [0.15, 0.2) is 5.79 Å². The molecule has 3 rings (SSSR count). The van der Waals surface area contributed by atoms with E-state index in [1.54, 1.807) is 13.8 Å². The maximum Gasteiger partial charge on any atom is 0.454 e. The van der Waals surface area contributed by atoms with E-state index in [1.807, 2.05) is 4.90 Å². The van der Waals surface area contributed by atoms with Gasteiger partial charge in [-0.3, -0.25) is 4.79 Å². The van der Waals surface area contributed by atoms with Gasteiger partial charge < -0.3 is 14.4 Å². The summed E-state index contributed by atoms with van der Waals surface area (Å²) in [5.74, 6) is -2.27. The Hall–Kier alpha value is -1.08. The lowest BCUT2D eigenvalue weighted by Crippen LogP contribution is -2.50. The van der Waals surface area contributed by atoms with Gasteiger partial charge in [-0.05, 0) is 6.42 Å². The van der Waals surface area contributed by atoms with Gasteiger partial charge >= 0.3 is 6.18 Å². The number of ketones is 1. The molecule has 0 atom stereocenters. The molecular formula is C15H20F3NO3. The van der Waals surface area contributed by atoms with Crippen LogP contribution in [0.4, 0.5) is 13.2 Å². The highest BCUT2D eigenvalue weighted by molar-refractivity contribution is 6.02. The van der Waals surface area contributed by atoms with Gasteiger partial charge in [0.05, 0.1) is 13.2 Å². The first-order valence-electron chi connectivity index (χ1n) is 7.53. The quantitative estimate of drug-likeness (QED) is 0.784. The van der Waals surface area contributed by atoms with Crippen LogP contribution in [-0.4, -0.2) is 48.9 Å². The predicted octanol–water partition coefficient (Wildman–Crippen LogP) is 2.64. The Morgan fingerprint density at radius 2 is 1.68 bits per heavy atom. The van der Waals surface area contributed by atoms with Gasteiger partial charge in [0, 0.05) is 42.6 Å². The number of ether oxygens (including phenoxy) is 2. The Morgan fingerprint density at radius 1 is 1.14 bits per heavy atom. The molecule has 22 heavy (non-hydrogen) atoms. The highest BCUT2D eigenvalue weighted by atomic mass is 19.4. The fraction of sp³-hybridized carbons (Fsp3) is 0.800. The third-order valence-corrected chi connectivity index (χ3v) is 4.78. The van der Waals surface area contributed by atoms with Crippen molar-refractivity contribution in [1.29, 1.82) is 0 Å². The summed E-state index contributed by atoms with van der Waals surface area (Å²) in [4.78, 5) is 13.6. The summed E-state index contributed by atoms with van der Waals surface area (Å²) >= 11 is 0. The zero-order valence-electron chi connectivity index (χ0n) is 12.8. The third kappa shape index (κ3) is 2.54. The third-order valence-electron chi connectivity index (χ3n) is 4.78. The van der Waals surface area contributed by atoms with Crippen LogP contribution in [0.3, 0.4) is 0 Å². The molecule has 0 aromatic rings. The van der Waals surface area contributed by atoms with Crippen LogP contribution in [-0.2, 0) is 14.3 Å². The van der Waals surface area contributed by atoms with Gasteiger partial charge in [-0.25, -0.2) is 0 Å². The molecule has 7 heteroatoms. The SMILES string of the molecule is CC1(C)CC(N2CCC3(CC2)OCCO3)=C1C(=O)C(F)(F)F. The lowest BCUT2D eigenvalue weighted by atomic mass is 9.66. The second-order valence-corrected chi connectivity index (χ2v) is 6.80. The summed E-state index contributed by atoms with van der Waals surface area (Å²) in [6.45, 7) is 5.61. The van der Waals surface area contributed by atoms with Gasteiger partial charge in [0.25, 0.3) is 5.78 Å². The molecule has 0 unspecified atom stereocenters. The Bertz CT molecular complexity index is 509. The summed E-state index contributed by atoms with van der Waals surface area (Å²) in [6.07, 6.45) is -3.08. The van der Waals surface area contributed by atoms with Crippen molar-refractivity contribution in [3.63, 3.8) is 0 Å². The number of halogens is 3. The zero-order valence-corrected chi connectivity index (χ0v) is 12.8. The number of carbonyl (C=O) groups excluding carboxylic acids is 1. The Morgan fingerprint density at radius 3 is 2.14 bits per heavy atom. The monoisotopic (exact) mass is 319 g/mol. The van der Waals surface area contributed by atoms with E-state index >= 15 is 0 Å². The molecule has 0 aromatic heterocycles. The number of hydrogen-bond donors (Lipinski definition) is 0. The number of Topliss-reactive ketones (excluding diaryl/α,β-unsaturated/α-hetero) is 1. The van der Waals surface area contributed by atoms with E-state index in [2.05, 4.69) is 0 Å². The number of hydrogen-bond acceptors (Lipinski definition) is 4. The summed E-state index contributed by atoms with van der Waals surface area (Å²) in [7, 11) is 0. The van der Waals surface area contributed by atoms with E-state index < -0.39 is 23.2 Å². The second-order valence-electron chi connectivity index (χ2n) is 6.80. The highest BCUT2D eigenvalue weighted by Crippen LogP contribution is 2.50. The molecule has 4 nitrogen and oxygen atoms in total. The molecule has 124 valence electrons. The van der Waals surface area contributed by atoms with Crippen molar-refractivity contribution in [1.82, 2.24) is 4.90 Å². The summed E-state index contributed by atoms with van der Waals surface area (Å²) in [5.41, 5.74) is -0.248. The Kier molecular flexibility index (Phi) is 3.56. The van der Waals surface area contributed by atoms with Gasteiger partial charge in [0.2, 0.25) is 0 Å². The van der Waals surface area contributed by atoms with Gasteiger partial charge in [-0.15, -0.1) is 0 Å². The zero-order chi connectivity index (χ0) is 16.2. The van der Waals surface area contributed by atoms with Crippen molar-refractivity contribution in [2.75, 3.05) is 26.3 Å². The molecule has 1 aliphatic carbocycles. The first-order valence-corrected chi connectivity index (χ1v) is 7.53. The average Bonchev–Trinajstić information content (AvgIpc) is 2.85. The van der Waals surface area contributed by atoms with Crippen molar-refractivity contribution >= 4 is 5.78 Å². The number of alkyl halides is 3. The Labute approximate surface area is 127 Å². The van der Waals surface area contributed by atoms with E-state index in [9.17, 15) is 18.0 Å². The lowest BCUT2D eigenvalue weighted by molar-refractivity contribution is -0.184. The number of carbonyl (C=O) groups is 1. The smallest absolute Gasteiger partial charge is 0.374 e. The van der Waals surface area contributed by atoms with E-state index in [0.29, 0.717) is 51.3 Å². The number of allylic oxidation sites excluding steroid dienone is 2. The molecule has 0 radical (unpaired) electrons. The second kappa shape index (κ2) is 4.96. The molecule has 2 aliphatic heterocycles. The molecule has 2 heterocycles. The van der Waals surface area contributed by atoms with Crippen LogP contribution < -0.4 is 0 Å². The van der Waals surface area contributed by atoms with Crippen LogP contribution in [0.5, 0.6) is 0 Å². The minimum atomic E-state index is -4.81. The molecule has 0 aromatic carbocycles. The van der Waals surface area contributed by atoms with Crippen LogP contribution in [0.25, 0.3) is 0 Å². The topological polar surface area (TPSA) is 38.8 Å². The highest BCUT2D eigenvalue weighted by Gasteiger charge is 2.53. The fourth-order valence-corrected chi connectivity index (χ4v) is 3.63. The summed E-state index contributed by atoms with van der Waals surface area (Å²) in [6, 6.07) is 0. The number of likely N-dealkylation sites (tertiary alicyclic amines) is 1. The van der Waals surface area contributed by atoms with E-state index in [-0.39, 0.29) is 5.57 Å². The van der Waals surface area contributed by atoms with Crippen molar-refractivity contribution in [3.05, 3.63) is 11.3 Å². The van der Waals surface area contributed by atoms with Crippen molar-refractivity contribution in [3.8, 4) is 0 Å². The van der Waals surface area contributed by atoms with Crippen LogP contribution >= 0.6 is 0 Å². The van der Waals surface area contributed by atoms with E-state index in [4.69, 9.17) is 9.47 Å². The molecular weight excluding hydrogens is 299 g/mol. The minimum Gasteiger partial charge on any atom is -0.374 e. The first-order chi connectivity index (χ1) is 10.1. The van der Waals surface area contributed by atoms with Crippen LogP contribution in [0.15, 0.2) is 11.3 Å². The molecule has 0 N–H and O–H groups in total.